The Morgan fingerprint density at radius 3 is 2.82 bits per heavy atom. The molecule has 1 heterocycles. The van der Waals surface area contributed by atoms with E-state index in [-0.39, 0.29) is 0 Å². The molecule has 17 heavy (non-hydrogen) atoms. The summed E-state index contributed by atoms with van der Waals surface area (Å²) < 4.78 is 7.77. The van der Waals surface area contributed by atoms with Gasteiger partial charge in [-0.2, -0.15) is 0 Å². The van der Waals surface area contributed by atoms with Crippen LogP contribution in [0.1, 0.15) is 12.6 Å². The zero-order valence-electron chi connectivity index (χ0n) is 10.8. The molecular formula is C14H20N2O. The first kappa shape index (κ1) is 12.0. The monoisotopic (exact) mass is 232 g/mol. The van der Waals surface area contributed by atoms with Crippen molar-refractivity contribution < 1.29 is 4.74 Å². The minimum Gasteiger partial charge on any atom is -0.496 e. The van der Waals surface area contributed by atoms with Crippen LogP contribution in [0.2, 0.25) is 0 Å². The average molecular weight is 232 g/mol. The first-order valence-corrected chi connectivity index (χ1v) is 6.11. The summed E-state index contributed by atoms with van der Waals surface area (Å²) >= 11 is 0. The second kappa shape index (κ2) is 5.23. The molecule has 1 aromatic carbocycles. The van der Waals surface area contributed by atoms with Crippen LogP contribution in [0.4, 0.5) is 0 Å². The van der Waals surface area contributed by atoms with Crippen LogP contribution in [0.15, 0.2) is 24.3 Å². The topological polar surface area (TPSA) is 26.2 Å². The van der Waals surface area contributed by atoms with Gasteiger partial charge in [0.15, 0.2) is 0 Å². The molecule has 0 fully saturated rings. The highest BCUT2D eigenvalue weighted by molar-refractivity contribution is 5.87. The molecule has 0 spiro atoms. The van der Waals surface area contributed by atoms with Gasteiger partial charge in [-0.15, -0.1) is 0 Å². The predicted octanol–water partition coefficient (Wildman–Crippen LogP) is 2.43. The molecule has 1 N–H and O–H groups in total. The smallest absolute Gasteiger partial charge is 0.128 e. The van der Waals surface area contributed by atoms with Crippen LogP contribution in [0.5, 0.6) is 5.75 Å². The Morgan fingerprint density at radius 1 is 1.35 bits per heavy atom. The van der Waals surface area contributed by atoms with E-state index >= 15 is 0 Å². The number of hydrogen-bond donors (Lipinski definition) is 1. The van der Waals surface area contributed by atoms with E-state index in [4.69, 9.17) is 4.74 Å². The average Bonchev–Trinajstić information content (AvgIpc) is 2.73. The van der Waals surface area contributed by atoms with Crippen LogP contribution in [-0.2, 0) is 13.0 Å². The molecule has 92 valence electrons. The Labute approximate surface area is 102 Å². The van der Waals surface area contributed by atoms with Gasteiger partial charge in [-0.3, -0.25) is 0 Å². The predicted molar refractivity (Wildman–Crippen MR) is 71.8 cm³/mol. The first-order chi connectivity index (χ1) is 8.31. The Kier molecular flexibility index (Phi) is 3.69. The molecular weight excluding hydrogens is 212 g/mol. The molecule has 0 amide bonds. The van der Waals surface area contributed by atoms with Crippen LogP contribution in [0.3, 0.4) is 0 Å². The van der Waals surface area contributed by atoms with Gasteiger partial charge in [-0.25, -0.2) is 0 Å². The van der Waals surface area contributed by atoms with Crippen molar-refractivity contribution in [3.63, 3.8) is 0 Å². The normalized spacial score (nSPS) is 11.0. The highest BCUT2D eigenvalue weighted by Crippen LogP contribution is 2.28. The fourth-order valence-electron chi connectivity index (χ4n) is 2.32. The largest absolute Gasteiger partial charge is 0.496 e. The molecule has 0 saturated carbocycles. The third kappa shape index (κ3) is 2.15. The summed E-state index contributed by atoms with van der Waals surface area (Å²) in [6, 6.07) is 8.47. The standard InChI is InChI=1S/C14H20N2O/c1-4-16-11(8-9-15-2)10-12-13(16)6-5-7-14(12)17-3/h5-7,10,15H,4,8-9H2,1-3H3. The van der Waals surface area contributed by atoms with Crippen molar-refractivity contribution >= 4 is 10.9 Å². The highest BCUT2D eigenvalue weighted by atomic mass is 16.5. The Bertz CT molecular complexity index is 502. The number of aryl methyl sites for hydroxylation is 1. The van der Waals surface area contributed by atoms with Crippen LogP contribution in [-0.4, -0.2) is 25.3 Å². The van der Waals surface area contributed by atoms with Gasteiger partial charge in [0.05, 0.1) is 12.6 Å². The number of nitrogens with zero attached hydrogens (tertiary/aromatic N) is 1. The molecule has 0 unspecified atom stereocenters. The maximum absolute atomic E-state index is 5.42. The Morgan fingerprint density at radius 2 is 2.18 bits per heavy atom. The van der Waals surface area contributed by atoms with Gasteiger partial charge in [0.2, 0.25) is 0 Å². The fraction of sp³-hybridized carbons (Fsp3) is 0.429. The maximum atomic E-state index is 5.42. The van der Waals surface area contributed by atoms with Crippen LogP contribution >= 0.6 is 0 Å². The second-order valence-corrected chi connectivity index (χ2v) is 4.13. The van der Waals surface area contributed by atoms with Crippen LogP contribution in [0.25, 0.3) is 10.9 Å². The SMILES string of the molecule is CCn1c(CCNC)cc2c(OC)cccc21. The summed E-state index contributed by atoms with van der Waals surface area (Å²) in [7, 11) is 3.71. The lowest BCUT2D eigenvalue weighted by atomic mass is 10.2. The third-order valence-corrected chi connectivity index (χ3v) is 3.16. The molecule has 2 rings (SSSR count). The van der Waals surface area contributed by atoms with E-state index in [0.29, 0.717) is 0 Å². The third-order valence-electron chi connectivity index (χ3n) is 3.16. The minimum atomic E-state index is 0.959. The lowest BCUT2D eigenvalue weighted by Crippen LogP contribution is -2.12. The molecule has 0 radical (unpaired) electrons. The van der Waals surface area contributed by atoms with E-state index < -0.39 is 0 Å². The number of nitrogens with one attached hydrogen (secondary N) is 1. The Hall–Kier alpha value is -1.48. The number of rotatable bonds is 5. The number of aromatic nitrogens is 1. The van der Waals surface area contributed by atoms with Gasteiger partial charge < -0.3 is 14.6 Å². The van der Waals surface area contributed by atoms with Crippen molar-refractivity contribution in [1.82, 2.24) is 9.88 Å². The molecule has 0 atom stereocenters. The van der Waals surface area contributed by atoms with Gasteiger partial charge >= 0.3 is 0 Å². The number of benzene rings is 1. The van der Waals surface area contributed by atoms with E-state index in [0.717, 1.165) is 25.3 Å². The summed E-state index contributed by atoms with van der Waals surface area (Å²) in [4.78, 5) is 0. The number of hydrogen-bond acceptors (Lipinski definition) is 2. The fourth-order valence-corrected chi connectivity index (χ4v) is 2.32. The van der Waals surface area contributed by atoms with Crippen molar-refractivity contribution in [2.45, 2.75) is 19.9 Å². The molecule has 0 saturated heterocycles. The zero-order valence-corrected chi connectivity index (χ0v) is 10.8. The van der Waals surface area contributed by atoms with Crippen molar-refractivity contribution in [1.29, 1.82) is 0 Å². The van der Waals surface area contributed by atoms with Crippen LogP contribution < -0.4 is 10.1 Å². The summed E-state index contributed by atoms with van der Waals surface area (Å²) in [5.41, 5.74) is 2.62. The maximum Gasteiger partial charge on any atom is 0.128 e. The molecule has 0 aliphatic carbocycles. The molecule has 0 aliphatic rings. The summed E-state index contributed by atoms with van der Waals surface area (Å²) in [6.45, 7) is 4.18. The van der Waals surface area contributed by atoms with E-state index in [1.165, 1.54) is 16.6 Å². The quantitative estimate of drug-likeness (QED) is 0.857. The first-order valence-electron chi connectivity index (χ1n) is 6.11. The van der Waals surface area contributed by atoms with Crippen molar-refractivity contribution in [3.8, 4) is 5.75 Å². The van der Waals surface area contributed by atoms with E-state index in [2.05, 4.69) is 35.0 Å². The number of methoxy groups -OCH3 is 1. The van der Waals surface area contributed by atoms with E-state index in [1.54, 1.807) is 7.11 Å². The lowest BCUT2D eigenvalue weighted by molar-refractivity contribution is 0.420. The number of fused-ring (bicyclic) bond motifs is 1. The minimum absolute atomic E-state index is 0.959. The van der Waals surface area contributed by atoms with Crippen molar-refractivity contribution in [2.24, 2.45) is 0 Å². The molecule has 3 heteroatoms. The number of ether oxygens (including phenoxy) is 1. The summed E-state index contributed by atoms with van der Waals surface area (Å²) in [6.07, 6.45) is 1.04. The molecule has 1 aromatic heterocycles. The summed E-state index contributed by atoms with van der Waals surface area (Å²) in [5.74, 6) is 0.959. The van der Waals surface area contributed by atoms with Gasteiger partial charge in [0, 0.05) is 30.6 Å². The lowest BCUT2D eigenvalue weighted by Gasteiger charge is -2.07. The molecule has 0 aliphatic heterocycles. The zero-order chi connectivity index (χ0) is 12.3. The van der Waals surface area contributed by atoms with Crippen molar-refractivity contribution in [2.75, 3.05) is 20.7 Å². The van der Waals surface area contributed by atoms with Gasteiger partial charge in [0.1, 0.15) is 5.75 Å². The Balaban J connectivity index is 2.53. The van der Waals surface area contributed by atoms with Gasteiger partial charge in [-0.05, 0) is 32.2 Å². The number of likely N-dealkylation sites (N-methyl/N-ethyl adjacent to an activating group) is 1. The van der Waals surface area contributed by atoms with Gasteiger partial charge in [0.25, 0.3) is 0 Å². The van der Waals surface area contributed by atoms with Crippen molar-refractivity contribution in [3.05, 3.63) is 30.0 Å². The molecule has 0 bridgehead atoms. The van der Waals surface area contributed by atoms with E-state index in [1.807, 2.05) is 13.1 Å². The van der Waals surface area contributed by atoms with Gasteiger partial charge in [-0.1, -0.05) is 6.07 Å². The van der Waals surface area contributed by atoms with Crippen LogP contribution in [0, 0.1) is 0 Å². The second-order valence-electron chi connectivity index (χ2n) is 4.13. The summed E-state index contributed by atoms with van der Waals surface area (Å²) in [5, 5.41) is 4.41. The molecule has 2 aromatic rings. The molecule has 3 nitrogen and oxygen atoms in total. The highest BCUT2D eigenvalue weighted by Gasteiger charge is 2.10. The van der Waals surface area contributed by atoms with E-state index in [9.17, 15) is 0 Å².